The molecule has 1 heterocycles. The van der Waals surface area contributed by atoms with E-state index in [0.717, 1.165) is 17.9 Å². The Morgan fingerprint density at radius 1 is 1.35 bits per heavy atom. The first-order chi connectivity index (χ1) is 9.65. The molecule has 0 fully saturated rings. The Morgan fingerprint density at radius 3 is 2.70 bits per heavy atom. The van der Waals surface area contributed by atoms with Crippen LogP contribution in [0.25, 0.3) is 0 Å². The number of benzene rings is 1. The number of amides is 2. The summed E-state index contributed by atoms with van der Waals surface area (Å²) in [6.07, 6.45) is 0.198. The van der Waals surface area contributed by atoms with Gasteiger partial charge < -0.3 is 10.6 Å². The summed E-state index contributed by atoms with van der Waals surface area (Å²) in [5.74, 6) is 0.614. The maximum Gasteiger partial charge on any atom is 0.228 e. The van der Waals surface area contributed by atoms with E-state index < -0.39 is 0 Å². The van der Waals surface area contributed by atoms with Crippen LogP contribution in [0.4, 0.5) is 0 Å². The second-order valence-electron chi connectivity index (χ2n) is 4.45. The van der Waals surface area contributed by atoms with Gasteiger partial charge in [-0.3, -0.25) is 14.6 Å². The summed E-state index contributed by atoms with van der Waals surface area (Å²) in [5, 5.41) is 6.25. The molecule has 1 aromatic carbocycles. The first-order valence-corrected chi connectivity index (χ1v) is 7.43. The van der Waals surface area contributed by atoms with Gasteiger partial charge in [-0.05, 0) is 5.56 Å². The van der Waals surface area contributed by atoms with Crippen molar-refractivity contribution >= 4 is 28.7 Å². The molecule has 0 spiro atoms. The van der Waals surface area contributed by atoms with Crippen LogP contribution in [-0.2, 0) is 9.59 Å². The Labute approximate surface area is 122 Å². The van der Waals surface area contributed by atoms with Crippen molar-refractivity contribution in [2.75, 3.05) is 12.3 Å². The molecule has 1 unspecified atom stereocenters. The molecular weight excluding hydrogens is 274 g/mol. The molecule has 0 bridgehead atoms. The molecular formula is C14H17N3O2S. The highest BCUT2D eigenvalue weighted by Crippen LogP contribution is 2.17. The normalized spacial score (nSPS) is 15.3. The van der Waals surface area contributed by atoms with Crippen molar-refractivity contribution < 1.29 is 9.59 Å². The van der Waals surface area contributed by atoms with Crippen molar-refractivity contribution in [1.29, 1.82) is 0 Å². The molecule has 0 radical (unpaired) electrons. The maximum atomic E-state index is 12.0. The molecule has 0 aliphatic carbocycles. The summed E-state index contributed by atoms with van der Waals surface area (Å²) in [7, 11) is 0. The van der Waals surface area contributed by atoms with Crippen molar-refractivity contribution in [2.45, 2.75) is 19.4 Å². The highest BCUT2D eigenvalue weighted by atomic mass is 32.2. The van der Waals surface area contributed by atoms with Gasteiger partial charge in [0, 0.05) is 12.7 Å². The van der Waals surface area contributed by atoms with E-state index in [4.69, 9.17) is 0 Å². The monoisotopic (exact) mass is 291 g/mol. The first kappa shape index (κ1) is 14.6. The molecule has 6 heteroatoms. The van der Waals surface area contributed by atoms with Gasteiger partial charge in [0.2, 0.25) is 11.8 Å². The molecule has 106 valence electrons. The van der Waals surface area contributed by atoms with Gasteiger partial charge in [-0.1, -0.05) is 42.1 Å². The molecule has 20 heavy (non-hydrogen) atoms. The van der Waals surface area contributed by atoms with Gasteiger partial charge in [0.1, 0.15) is 0 Å². The molecule has 2 amide bonds. The van der Waals surface area contributed by atoms with E-state index in [9.17, 15) is 9.59 Å². The van der Waals surface area contributed by atoms with Crippen molar-refractivity contribution in [3.63, 3.8) is 0 Å². The summed E-state index contributed by atoms with van der Waals surface area (Å²) >= 11 is 1.54. The summed E-state index contributed by atoms with van der Waals surface area (Å²) in [5.41, 5.74) is 0.916. The summed E-state index contributed by atoms with van der Waals surface area (Å²) in [6, 6.07) is 9.16. The number of nitrogens with zero attached hydrogens (tertiary/aromatic N) is 1. The number of carbonyl (C=O) groups is 2. The minimum absolute atomic E-state index is 0.138. The van der Waals surface area contributed by atoms with Gasteiger partial charge >= 0.3 is 0 Å². The highest BCUT2D eigenvalue weighted by Gasteiger charge is 2.18. The minimum Gasteiger partial charge on any atom is -0.349 e. The number of amidine groups is 1. The van der Waals surface area contributed by atoms with Crippen LogP contribution in [0.2, 0.25) is 0 Å². The number of nitrogens with one attached hydrogen (secondary N) is 2. The summed E-state index contributed by atoms with van der Waals surface area (Å²) < 4.78 is 0. The number of aliphatic imine (C=N–C) groups is 1. The number of carbonyl (C=O) groups excluding carboxylic acids is 2. The number of hydrogen-bond donors (Lipinski definition) is 2. The lowest BCUT2D eigenvalue weighted by Gasteiger charge is -2.17. The Balaban J connectivity index is 2.00. The minimum atomic E-state index is -0.319. The topological polar surface area (TPSA) is 70.6 Å². The van der Waals surface area contributed by atoms with Crippen LogP contribution >= 0.6 is 11.8 Å². The molecule has 0 saturated carbocycles. The Bertz CT molecular complexity index is 516. The lowest BCUT2D eigenvalue weighted by molar-refractivity contribution is -0.121. The van der Waals surface area contributed by atoms with Crippen molar-refractivity contribution in [3.05, 3.63) is 35.9 Å². The van der Waals surface area contributed by atoms with E-state index in [1.54, 1.807) is 0 Å². The average Bonchev–Trinajstić information content (AvgIpc) is 2.91. The zero-order valence-electron chi connectivity index (χ0n) is 11.3. The number of rotatable bonds is 4. The highest BCUT2D eigenvalue weighted by molar-refractivity contribution is 8.14. The van der Waals surface area contributed by atoms with Gasteiger partial charge in [-0.25, -0.2) is 0 Å². The average molecular weight is 291 g/mol. The Morgan fingerprint density at radius 2 is 2.10 bits per heavy atom. The molecule has 2 rings (SSSR count). The van der Waals surface area contributed by atoms with E-state index >= 15 is 0 Å². The van der Waals surface area contributed by atoms with E-state index in [1.165, 1.54) is 18.7 Å². The fourth-order valence-corrected chi connectivity index (χ4v) is 2.69. The Hall–Kier alpha value is -1.82. The van der Waals surface area contributed by atoms with E-state index in [1.807, 2.05) is 30.3 Å². The SMILES string of the molecule is CC(=O)NC(CC(=O)NC1=NCCS1)c1ccccc1. The van der Waals surface area contributed by atoms with E-state index in [-0.39, 0.29) is 24.3 Å². The van der Waals surface area contributed by atoms with Crippen molar-refractivity contribution in [3.8, 4) is 0 Å². The van der Waals surface area contributed by atoms with Gasteiger partial charge in [-0.15, -0.1) is 0 Å². The smallest absolute Gasteiger partial charge is 0.228 e. The third kappa shape index (κ3) is 4.38. The molecule has 0 saturated heterocycles. The van der Waals surface area contributed by atoms with Crippen molar-refractivity contribution in [1.82, 2.24) is 10.6 Å². The second-order valence-corrected chi connectivity index (χ2v) is 5.54. The van der Waals surface area contributed by atoms with Crippen LogP contribution in [-0.4, -0.2) is 29.3 Å². The summed E-state index contributed by atoms with van der Waals surface area (Å²) in [6.45, 7) is 2.19. The standard InChI is InChI=1S/C14H17N3O2S/c1-10(18)16-12(11-5-3-2-4-6-11)9-13(19)17-14-15-7-8-20-14/h2-6,12H,7-9H2,1H3,(H,16,18)(H,15,17,19). The van der Waals surface area contributed by atoms with Crippen LogP contribution in [0, 0.1) is 0 Å². The third-order valence-electron chi connectivity index (χ3n) is 2.80. The van der Waals surface area contributed by atoms with Crippen LogP contribution in [0.15, 0.2) is 35.3 Å². The molecule has 1 aromatic rings. The molecule has 1 aliphatic heterocycles. The van der Waals surface area contributed by atoms with Crippen LogP contribution in [0.3, 0.4) is 0 Å². The second kappa shape index (κ2) is 7.09. The van der Waals surface area contributed by atoms with Gasteiger partial charge in [-0.2, -0.15) is 0 Å². The number of hydrogen-bond acceptors (Lipinski definition) is 4. The molecule has 1 aliphatic rings. The maximum absolute atomic E-state index is 12.0. The van der Waals surface area contributed by atoms with Gasteiger partial charge in [0.25, 0.3) is 0 Å². The predicted molar refractivity (Wildman–Crippen MR) is 80.5 cm³/mol. The Kier molecular flexibility index (Phi) is 5.17. The zero-order valence-corrected chi connectivity index (χ0v) is 12.1. The van der Waals surface area contributed by atoms with Crippen LogP contribution in [0.1, 0.15) is 24.9 Å². The molecule has 0 aromatic heterocycles. The van der Waals surface area contributed by atoms with Gasteiger partial charge in [0.05, 0.1) is 19.0 Å². The lowest BCUT2D eigenvalue weighted by atomic mass is 10.0. The van der Waals surface area contributed by atoms with Crippen LogP contribution < -0.4 is 10.6 Å². The fraction of sp³-hybridized carbons (Fsp3) is 0.357. The van der Waals surface area contributed by atoms with E-state index in [0.29, 0.717) is 5.17 Å². The quantitative estimate of drug-likeness (QED) is 0.882. The molecule has 5 nitrogen and oxygen atoms in total. The largest absolute Gasteiger partial charge is 0.349 e. The fourth-order valence-electron chi connectivity index (χ4n) is 1.95. The first-order valence-electron chi connectivity index (χ1n) is 6.44. The lowest BCUT2D eigenvalue weighted by Crippen LogP contribution is -2.34. The van der Waals surface area contributed by atoms with Crippen LogP contribution in [0.5, 0.6) is 0 Å². The van der Waals surface area contributed by atoms with Crippen molar-refractivity contribution in [2.24, 2.45) is 4.99 Å². The molecule has 2 N–H and O–H groups in total. The third-order valence-corrected chi connectivity index (χ3v) is 3.69. The van der Waals surface area contributed by atoms with E-state index in [2.05, 4.69) is 15.6 Å². The zero-order chi connectivity index (χ0) is 14.4. The predicted octanol–water partition coefficient (Wildman–Crippen LogP) is 1.47. The molecule has 1 atom stereocenters. The van der Waals surface area contributed by atoms with Gasteiger partial charge in [0.15, 0.2) is 5.17 Å². The summed E-state index contributed by atoms with van der Waals surface area (Å²) in [4.78, 5) is 27.5. The number of thioether (sulfide) groups is 1.